The van der Waals surface area contributed by atoms with Crippen LogP contribution >= 0.6 is 0 Å². The Hall–Kier alpha value is -2.28. The minimum Gasteiger partial charge on any atom is -0.393 e. The van der Waals surface area contributed by atoms with Crippen LogP contribution in [0.25, 0.3) is 0 Å². The summed E-state index contributed by atoms with van der Waals surface area (Å²) in [6.45, 7) is 0.442. The summed E-state index contributed by atoms with van der Waals surface area (Å²) >= 11 is 0. The fourth-order valence-corrected chi connectivity index (χ4v) is 4.13. The topological polar surface area (TPSA) is 80.0 Å². The van der Waals surface area contributed by atoms with Gasteiger partial charge in [-0.25, -0.2) is 4.39 Å². The first kappa shape index (κ1) is 17.1. The first-order valence-corrected chi connectivity index (χ1v) is 9.06. The molecule has 4 rings (SSSR count). The van der Waals surface area contributed by atoms with Gasteiger partial charge in [-0.1, -0.05) is 12.1 Å². The van der Waals surface area contributed by atoms with Crippen LogP contribution in [0.15, 0.2) is 30.6 Å². The summed E-state index contributed by atoms with van der Waals surface area (Å²) in [4.78, 5) is 12.7. The normalized spacial score (nSPS) is 26.7. The average molecular weight is 358 g/mol. The van der Waals surface area contributed by atoms with Gasteiger partial charge in [0.2, 0.25) is 5.91 Å². The molecular formula is C19H23FN4O2. The largest absolute Gasteiger partial charge is 0.393 e. The molecule has 1 aromatic carbocycles. The molecular weight excluding hydrogens is 335 g/mol. The molecule has 0 saturated heterocycles. The summed E-state index contributed by atoms with van der Waals surface area (Å²) in [7, 11) is 1.90. The van der Waals surface area contributed by atoms with Gasteiger partial charge in [0.1, 0.15) is 18.0 Å². The smallest absolute Gasteiger partial charge is 0.230 e. The summed E-state index contributed by atoms with van der Waals surface area (Å²) in [5.41, 5.74) is 0.334. The van der Waals surface area contributed by atoms with Gasteiger partial charge in [-0.15, -0.1) is 10.2 Å². The molecule has 2 saturated carbocycles. The maximum atomic E-state index is 13.1. The molecule has 0 aliphatic heterocycles. The molecule has 2 fully saturated rings. The van der Waals surface area contributed by atoms with Gasteiger partial charge in [-0.2, -0.15) is 0 Å². The molecule has 1 heterocycles. The number of carbonyl (C=O) groups excluding carboxylic acids is 1. The van der Waals surface area contributed by atoms with Gasteiger partial charge >= 0.3 is 0 Å². The second kappa shape index (κ2) is 6.46. The number of aliphatic hydroxyl groups excluding tert-OH is 1. The fraction of sp³-hybridized carbons (Fsp3) is 0.526. The Morgan fingerprint density at radius 3 is 2.69 bits per heavy atom. The Labute approximate surface area is 151 Å². The number of aromatic nitrogens is 3. The molecule has 138 valence electrons. The molecule has 2 aromatic rings. The predicted molar refractivity (Wildman–Crippen MR) is 92.8 cm³/mol. The highest BCUT2D eigenvalue weighted by molar-refractivity contribution is 5.91. The van der Waals surface area contributed by atoms with E-state index < -0.39 is 11.5 Å². The molecule has 1 amide bonds. The van der Waals surface area contributed by atoms with E-state index >= 15 is 0 Å². The molecule has 0 unspecified atom stereocenters. The van der Waals surface area contributed by atoms with Gasteiger partial charge in [0, 0.05) is 25.4 Å². The second-order valence-corrected chi connectivity index (χ2v) is 7.59. The van der Waals surface area contributed by atoms with Crippen LogP contribution in [-0.2, 0) is 17.3 Å². The van der Waals surface area contributed by atoms with Crippen molar-refractivity contribution in [2.24, 2.45) is 13.0 Å². The van der Waals surface area contributed by atoms with Gasteiger partial charge < -0.3 is 15.0 Å². The summed E-state index contributed by atoms with van der Waals surface area (Å²) in [5, 5.41) is 21.4. The van der Waals surface area contributed by atoms with Crippen LogP contribution in [0.1, 0.15) is 43.0 Å². The monoisotopic (exact) mass is 358 g/mol. The zero-order valence-corrected chi connectivity index (χ0v) is 14.7. The van der Waals surface area contributed by atoms with Crippen molar-refractivity contribution in [3.8, 4) is 0 Å². The molecule has 6 nitrogen and oxygen atoms in total. The highest BCUT2D eigenvalue weighted by Crippen LogP contribution is 2.48. The molecule has 2 aliphatic rings. The van der Waals surface area contributed by atoms with E-state index in [0.29, 0.717) is 13.0 Å². The first-order valence-electron chi connectivity index (χ1n) is 9.06. The molecule has 2 aliphatic carbocycles. The van der Waals surface area contributed by atoms with E-state index in [-0.39, 0.29) is 23.6 Å². The molecule has 0 bridgehead atoms. The van der Waals surface area contributed by atoms with Crippen LogP contribution in [0, 0.1) is 11.7 Å². The van der Waals surface area contributed by atoms with Gasteiger partial charge in [0.25, 0.3) is 0 Å². The summed E-state index contributed by atoms with van der Waals surface area (Å²) < 4.78 is 15.0. The molecule has 26 heavy (non-hydrogen) atoms. The Morgan fingerprint density at radius 2 is 2.08 bits per heavy atom. The van der Waals surface area contributed by atoms with Gasteiger partial charge in [0.05, 0.1) is 11.5 Å². The highest BCUT2D eigenvalue weighted by Gasteiger charge is 2.51. The van der Waals surface area contributed by atoms with E-state index in [1.165, 1.54) is 12.1 Å². The van der Waals surface area contributed by atoms with Crippen molar-refractivity contribution in [1.29, 1.82) is 0 Å². The first-order chi connectivity index (χ1) is 12.5. The zero-order chi connectivity index (χ0) is 18.3. The number of halogens is 1. The maximum absolute atomic E-state index is 13.1. The number of nitrogens with zero attached hydrogens (tertiary/aromatic N) is 3. The standard InChI is InChI=1S/C19H23FN4O2/c1-24-11-22-23-17(24)12-8-13(16(25)9-12)10-21-18(26)19(6-7-19)14-2-4-15(20)5-3-14/h2-5,11-13,16,25H,6-10H2,1H3,(H,21,26)/t12-,13+,16+/m0/s1. The molecule has 0 spiro atoms. The number of nitrogens with one attached hydrogen (secondary N) is 1. The Bertz CT molecular complexity index is 800. The molecule has 1 aromatic heterocycles. The SMILES string of the molecule is Cn1cnnc1[C@H]1C[C@H](CNC(=O)C2(c3ccc(F)cc3)CC2)[C@H](O)C1. The number of aryl methyl sites for hydroxylation is 1. The third kappa shape index (κ3) is 3.00. The molecule has 2 N–H and O–H groups in total. The zero-order valence-electron chi connectivity index (χ0n) is 14.7. The Morgan fingerprint density at radius 1 is 1.35 bits per heavy atom. The van der Waals surface area contributed by atoms with Crippen molar-refractivity contribution in [3.05, 3.63) is 47.8 Å². The number of rotatable bonds is 5. The quantitative estimate of drug-likeness (QED) is 0.852. The minimum absolute atomic E-state index is 0.00432. The number of hydrogen-bond acceptors (Lipinski definition) is 4. The lowest BCUT2D eigenvalue weighted by atomic mass is 9.94. The van der Waals surface area contributed by atoms with Crippen LogP contribution in [0.5, 0.6) is 0 Å². The number of amides is 1. The lowest BCUT2D eigenvalue weighted by Crippen LogP contribution is -2.39. The lowest BCUT2D eigenvalue weighted by Gasteiger charge is -2.19. The van der Waals surface area contributed by atoms with Gasteiger partial charge in [-0.3, -0.25) is 4.79 Å². The van der Waals surface area contributed by atoms with E-state index in [1.54, 1.807) is 18.5 Å². The van der Waals surface area contributed by atoms with E-state index in [0.717, 1.165) is 30.7 Å². The number of hydrogen-bond donors (Lipinski definition) is 2. The maximum Gasteiger partial charge on any atom is 0.230 e. The predicted octanol–water partition coefficient (Wildman–Crippen LogP) is 1.66. The number of benzene rings is 1. The van der Waals surface area contributed by atoms with E-state index in [2.05, 4.69) is 15.5 Å². The van der Waals surface area contributed by atoms with E-state index in [4.69, 9.17) is 0 Å². The van der Waals surface area contributed by atoms with Crippen molar-refractivity contribution in [3.63, 3.8) is 0 Å². The highest BCUT2D eigenvalue weighted by atomic mass is 19.1. The molecule has 0 radical (unpaired) electrons. The van der Waals surface area contributed by atoms with Crippen molar-refractivity contribution in [2.75, 3.05) is 6.54 Å². The van der Waals surface area contributed by atoms with E-state index in [9.17, 15) is 14.3 Å². The number of carbonyl (C=O) groups is 1. The van der Waals surface area contributed by atoms with Crippen LogP contribution in [0.4, 0.5) is 4.39 Å². The van der Waals surface area contributed by atoms with Crippen molar-refractivity contribution < 1.29 is 14.3 Å². The van der Waals surface area contributed by atoms with Crippen LogP contribution in [0.3, 0.4) is 0 Å². The minimum atomic E-state index is -0.528. The Kier molecular flexibility index (Phi) is 4.26. The molecule has 3 atom stereocenters. The summed E-state index contributed by atoms with van der Waals surface area (Å²) in [6, 6.07) is 6.18. The van der Waals surface area contributed by atoms with Crippen molar-refractivity contribution >= 4 is 5.91 Å². The van der Waals surface area contributed by atoms with Gasteiger partial charge in [-0.05, 0) is 43.4 Å². The van der Waals surface area contributed by atoms with Crippen molar-refractivity contribution in [1.82, 2.24) is 20.1 Å². The van der Waals surface area contributed by atoms with Crippen LogP contribution < -0.4 is 5.32 Å². The third-order valence-electron chi connectivity index (χ3n) is 5.88. The Balaban J connectivity index is 1.37. The van der Waals surface area contributed by atoms with Crippen LogP contribution in [0.2, 0.25) is 0 Å². The van der Waals surface area contributed by atoms with E-state index in [1.807, 2.05) is 11.6 Å². The summed E-state index contributed by atoms with van der Waals surface area (Å²) in [6.07, 6.45) is 4.17. The molecule has 7 heteroatoms. The summed E-state index contributed by atoms with van der Waals surface area (Å²) in [5.74, 6) is 0.714. The van der Waals surface area contributed by atoms with Crippen molar-refractivity contribution in [2.45, 2.75) is 43.1 Å². The van der Waals surface area contributed by atoms with Gasteiger partial charge in [0.15, 0.2) is 0 Å². The van der Waals surface area contributed by atoms with Crippen LogP contribution in [-0.4, -0.2) is 38.4 Å². The average Bonchev–Trinajstić information content (AvgIpc) is 3.20. The lowest BCUT2D eigenvalue weighted by molar-refractivity contribution is -0.123. The second-order valence-electron chi connectivity index (χ2n) is 7.59. The fourth-order valence-electron chi connectivity index (χ4n) is 4.13. The third-order valence-corrected chi connectivity index (χ3v) is 5.88. The number of aliphatic hydroxyl groups is 1.